The van der Waals surface area contributed by atoms with Crippen molar-refractivity contribution in [3.05, 3.63) is 236 Å². The zero-order valence-electron chi connectivity index (χ0n) is 35.2. The van der Waals surface area contributed by atoms with Gasteiger partial charge in [-0.15, -0.1) is 0 Å². The van der Waals surface area contributed by atoms with Gasteiger partial charge in [-0.05, 0) is 109 Å². The summed E-state index contributed by atoms with van der Waals surface area (Å²) in [6.45, 7) is 4.77. The molecular formula is C61H43NO. The average molecular weight is 806 g/mol. The molecule has 0 saturated carbocycles. The molecule has 2 nitrogen and oxygen atoms in total. The quantitative estimate of drug-likeness (QED) is 0.160. The summed E-state index contributed by atoms with van der Waals surface area (Å²) >= 11 is 0. The maximum atomic E-state index is 6.57. The minimum absolute atomic E-state index is 0.238. The Morgan fingerprint density at radius 3 is 1.78 bits per heavy atom. The van der Waals surface area contributed by atoms with Crippen LogP contribution in [0.1, 0.15) is 25.0 Å². The monoisotopic (exact) mass is 805 g/mol. The van der Waals surface area contributed by atoms with Gasteiger partial charge in [0.1, 0.15) is 11.2 Å². The molecule has 0 atom stereocenters. The third-order valence-electron chi connectivity index (χ3n) is 13.3. The van der Waals surface area contributed by atoms with Crippen molar-refractivity contribution in [3.8, 4) is 55.6 Å². The van der Waals surface area contributed by atoms with Crippen molar-refractivity contribution < 1.29 is 4.42 Å². The highest BCUT2D eigenvalue weighted by Gasteiger charge is 2.36. The molecule has 0 N–H and O–H groups in total. The van der Waals surface area contributed by atoms with E-state index in [1.807, 2.05) is 6.07 Å². The lowest BCUT2D eigenvalue weighted by Crippen LogP contribution is -2.17. The van der Waals surface area contributed by atoms with Crippen LogP contribution >= 0.6 is 0 Å². The van der Waals surface area contributed by atoms with Crippen molar-refractivity contribution in [3.63, 3.8) is 0 Å². The Balaban J connectivity index is 1.01. The lowest BCUT2D eigenvalue weighted by molar-refractivity contribution is 0.660. The maximum absolute atomic E-state index is 6.57. The van der Waals surface area contributed by atoms with Crippen molar-refractivity contribution in [1.29, 1.82) is 0 Å². The summed E-state index contributed by atoms with van der Waals surface area (Å²) in [4.78, 5) is 2.45. The molecule has 0 aliphatic heterocycles. The second-order valence-corrected chi connectivity index (χ2v) is 17.3. The smallest absolute Gasteiger partial charge is 0.143 e. The van der Waals surface area contributed by atoms with E-state index < -0.39 is 0 Å². The van der Waals surface area contributed by atoms with Crippen LogP contribution in [-0.4, -0.2) is 0 Å². The molecule has 1 aliphatic carbocycles. The molecule has 63 heavy (non-hydrogen) atoms. The largest absolute Gasteiger partial charge is 0.455 e. The summed E-state index contributed by atoms with van der Waals surface area (Å²) in [6.07, 6.45) is 0. The summed E-state index contributed by atoms with van der Waals surface area (Å²) in [5.74, 6) is 0. The van der Waals surface area contributed by atoms with Crippen molar-refractivity contribution in [1.82, 2.24) is 0 Å². The summed E-state index contributed by atoms with van der Waals surface area (Å²) < 4.78 is 6.57. The zero-order valence-corrected chi connectivity index (χ0v) is 35.2. The summed E-state index contributed by atoms with van der Waals surface area (Å²) in [5.41, 5.74) is 19.5. The maximum Gasteiger partial charge on any atom is 0.143 e. The molecule has 0 radical (unpaired) electrons. The van der Waals surface area contributed by atoms with Gasteiger partial charge in [0.05, 0.1) is 5.69 Å². The van der Waals surface area contributed by atoms with Crippen LogP contribution in [0.3, 0.4) is 0 Å². The minimum Gasteiger partial charge on any atom is -0.455 e. The highest BCUT2D eigenvalue weighted by atomic mass is 16.3. The van der Waals surface area contributed by atoms with Gasteiger partial charge in [-0.3, -0.25) is 0 Å². The van der Waals surface area contributed by atoms with Gasteiger partial charge < -0.3 is 9.32 Å². The summed E-state index contributed by atoms with van der Waals surface area (Å²) in [6, 6.07) is 81.6. The Kier molecular flexibility index (Phi) is 8.55. The number of hydrogen-bond acceptors (Lipinski definition) is 2. The van der Waals surface area contributed by atoms with Crippen LogP contribution in [-0.2, 0) is 5.41 Å². The van der Waals surface area contributed by atoms with E-state index >= 15 is 0 Å². The molecule has 2 heteroatoms. The van der Waals surface area contributed by atoms with E-state index in [9.17, 15) is 0 Å². The van der Waals surface area contributed by atoms with Gasteiger partial charge in [0.25, 0.3) is 0 Å². The molecule has 11 aromatic rings. The predicted molar refractivity (Wildman–Crippen MR) is 265 cm³/mol. The summed E-state index contributed by atoms with van der Waals surface area (Å²) in [7, 11) is 0. The van der Waals surface area contributed by atoms with Crippen LogP contribution < -0.4 is 4.90 Å². The van der Waals surface area contributed by atoms with Gasteiger partial charge in [0, 0.05) is 38.7 Å². The zero-order chi connectivity index (χ0) is 42.1. The Hall–Kier alpha value is -7.94. The fraction of sp³-hybridized carbons (Fsp3) is 0.0492. The molecule has 1 heterocycles. The molecule has 10 aromatic carbocycles. The molecule has 0 unspecified atom stereocenters. The van der Waals surface area contributed by atoms with E-state index in [4.69, 9.17) is 4.42 Å². The van der Waals surface area contributed by atoms with Crippen molar-refractivity contribution in [2.45, 2.75) is 19.3 Å². The molecule has 0 bridgehead atoms. The highest BCUT2D eigenvalue weighted by molar-refractivity contribution is 6.10. The number of nitrogens with zero attached hydrogens (tertiary/aromatic N) is 1. The van der Waals surface area contributed by atoms with Gasteiger partial charge >= 0.3 is 0 Å². The SMILES string of the molecule is CC1(C)c2cc(-c3cccc4ccccc34)ccc2-c2ccc(N(c3cccc(-c4cccc5c4oc4ccccc45)c3)c3ccccc3-c3ccc(-c4ccccc4)cc3)cc21. The van der Waals surface area contributed by atoms with Crippen LogP contribution in [0, 0.1) is 0 Å². The average Bonchev–Trinajstić information content (AvgIpc) is 3.83. The van der Waals surface area contributed by atoms with Crippen molar-refractivity contribution in [2.24, 2.45) is 0 Å². The predicted octanol–water partition coefficient (Wildman–Crippen LogP) is 17.2. The fourth-order valence-electron chi connectivity index (χ4n) is 10.1. The van der Waals surface area contributed by atoms with E-state index in [1.54, 1.807) is 0 Å². The Labute approximate surface area is 368 Å². The van der Waals surface area contributed by atoms with Crippen LogP contribution in [0.5, 0.6) is 0 Å². The van der Waals surface area contributed by atoms with E-state index in [-0.39, 0.29) is 5.41 Å². The van der Waals surface area contributed by atoms with E-state index in [1.165, 1.54) is 55.3 Å². The van der Waals surface area contributed by atoms with Crippen LogP contribution in [0.2, 0.25) is 0 Å². The molecule has 0 saturated heterocycles. The number of furan rings is 1. The molecule has 0 amide bonds. The highest BCUT2D eigenvalue weighted by Crippen LogP contribution is 2.53. The fourth-order valence-corrected chi connectivity index (χ4v) is 10.1. The van der Waals surface area contributed by atoms with Gasteiger partial charge in [0.2, 0.25) is 0 Å². The normalized spacial score (nSPS) is 12.7. The Morgan fingerprint density at radius 2 is 0.905 bits per heavy atom. The number of rotatable bonds is 7. The van der Waals surface area contributed by atoms with Gasteiger partial charge in [0.15, 0.2) is 0 Å². The van der Waals surface area contributed by atoms with E-state index in [2.05, 4.69) is 237 Å². The van der Waals surface area contributed by atoms with Crippen molar-refractivity contribution >= 4 is 49.8 Å². The number of para-hydroxylation sites is 3. The first kappa shape index (κ1) is 36.9. The third-order valence-corrected chi connectivity index (χ3v) is 13.3. The Bertz CT molecular complexity index is 3530. The topological polar surface area (TPSA) is 16.4 Å². The number of hydrogen-bond donors (Lipinski definition) is 0. The van der Waals surface area contributed by atoms with Gasteiger partial charge in [-0.25, -0.2) is 0 Å². The minimum atomic E-state index is -0.238. The first-order valence-electron chi connectivity index (χ1n) is 21.8. The first-order valence-corrected chi connectivity index (χ1v) is 21.8. The molecule has 1 aliphatic rings. The van der Waals surface area contributed by atoms with Crippen molar-refractivity contribution in [2.75, 3.05) is 4.90 Å². The molecule has 0 fully saturated rings. The van der Waals surface area contributed by atoms with Crippen LogP contribution in [0.15, 0.2) is 229 Å². The third kappa shape index (κ3) is 6.09. The number of fused-ring (bicyclic) bond motifs is 7. The van der Waals surface area contributed by atoms with Crippen LogP contribution in [0.4, 0.5) is 17.1 Å². The molecule has 1 aromatic heterocycles. The lowest BCUT2D eigenvalue weighted by Gasteiger charge is -2.30. The van der Waals surface area contributed by atoms with Gasteiger partial charge in [-0.2, -0.15) is 0 Å². The summed E-state index contributed by atoms with van der Waals surface area (Å²) in [5, 5.41) is 4.79. The first-order chi connectivity index (χ1) is 31.0. The number of benzene rings is 10. The molecule has 12 rings (SSSR count). The Morgan fingerprint density at radius 1 is 0.349 bits per heavy atom. The van der Waals surface area contributed by atoms with E-state index in [0.717, 1.165) is 61.3 Å². The lowest BCUT2D eigenvalue weighted by atomic mass is 9.81. The number of anilines is 3. The van der Waals surface area contributed by atoms with Gasteiger partial charge in [-0.1, -0.05) is 196 Å². The molecule has 0 spiro atoms. The molecule has 298 valence electrons. The van der Waals surface area contributed by atoms with Crippen LogP contribution in [0.25, 0.3) is 88.3 Å². The molecular weight excluding hydrogens is 763 g/mol. The second kappa shape index (κ2) is 14.6. The second-order valence-electron chi connectivity index (χ2n) is 17.3. The standard InChI is InChI=1S/C61H43NO/c1-61(2)56-38-45(49-24-13-18-42-17-6-7-21-48(42)49)33-35-52(56)53-36-34-47(39-57(53)61)62(58-27-10-8-22-50(58)43-31-29-41(30-32-43)40-15-4-3-5-16-40)46-20-12-19-44(37-46)51-25-14-26-55-54-23-9-11-28-59(54)63-60(51)55/h3-39H,1-2H3. The van der Waals surface area contributed by atoms with E-state index in [0.29, 0.717) is 0 Å².